The smallest absolute Gasteiger partial charge is 0.248 e. The van der Waals surface area contributed by atoms with Crippen molar-refractivity contribution in [3.05, 3.63) is 36.7 Å². The topological polar surface area (TPSA) is 59.8 Å². The molecule has 2 aromatic rings. The molecule has 0 radical (unpaired) electrons. The van der Waals surface area contributed by atoms with Crippen LogP contribution >= 0.6 is 0 Å². The highest BCUT2D eigenvalue weighted by Gasteiger charge is 2.37. The van der Waals surface area contributed by atoms with Gasteiger partial charge in [-0.05, 0) is 25.0 Å². The van der Waals surface area contributed by atoms with E-state index in [9.17, 15) is 13.6 Å². The predicted octanol–water partition coefficient (Wildman–Crippen LogP) is 3.03. The Kier molecular flexibility index (Phi) is 3.87. The molecule has 7 heteroatoms. The van der Waals surface area contributed by atoms with E-state index < -0.39 is 11.8 Å². The Balaban J connectivity index is 1.70. The van der Waals surface area contributed by atoms with E-state index in [0.29, 0.717) is 5.95 Å². The van der Waals surface area contributed by atoms with Crippen molar-refractivity contribution in [1.82, 2.24) is 14.8 Å². The van der Waals surface area contributed by atoms with E-state index in [2.05, 4.69) is 15.5 Å². The number of amides is 1. The summed E-state index contributed by atoms with van der Waals surface area (Å²) in [4.78, 5) is 12.2. The fourth-order valence-electron chi connectivity index (χ4n) is 2.61. The number of halogens is 2. The number of carbonyl (C=O) groups is 1. The van der Waals surface area contributed by atoms with Crippen LogP contribution in [0, 0.1) is 5.92 Å². The average Bonchev–Trinajstić information content (AvgIpc) is 2.96. The first-order chi connectivity index (χ1) is 10.6. The van der Waals surface area contributed by atoms with Crippen molar-refractivity contribution in [3.8, 4) is 5.69 Å². The molecule has 1 aliphatic rings. The van der Waals surface area contributed by atoms with Crippen LogP contribution in [0.1, 0.15) is 25.7 Å². The summed E-state index contributed by atoms with van der Waals surface area (Å²) in [7, 11) is 0. The van der Waals surface area contributed by atoms with Crippen LogP contribution in [-0.2, 0) is 4.79 Å². The number of benzene rings is 1. The normalized spacial score (nSPS) is 18.1. The second-order valence-electron chi connectivity index (χ2n) is 5.48. The molecular formula is C15H16F2N4O. The number of rotatable bonds is 3. The summed E-state index contributed by atoms with van der Waals surface area (Å²) in [6.45, 7) is 0. The Labute approximate surface area is 126 Å². The third-order valence-corrected chi connectivity index (χ3v) is 3.91. The standard InChI is InChI=1S/C15H16F2N4O/c16-15(17)8-6-11(7-9-15)13(22)19-14-20-18-10-21(14)12-4-2-1-3-5-12/h1-5,10-11H,6-9H2,(H,19,20,22). The van der Waals surface area contributed by atoms with Gasteiger partial charge in [-0.2, -0.15) is 0 Å². The number of anilines is 1. The summed E-state index contributed by atoms with van der Waals surface area (Å²) >= 11 is 0. The van der Waals surface area contributed by atoms with Crippen molar-refractivity contribution in [3.63, 3.8) is 0 Å². The first kappa shape index (κ1) is 14.6. The number of nitrogens with zero attached hydrogens (tertiary/aromatic N) is 3. The molecule has 0 saturated heterocycles. The Morgan fingerprint density at radius 1 is 1.23 bits per heavy atom. The van der Waals surface area contributed by atoms with Gasteiger partial charge in [-0.1, -0.05) is 18.2 Å². The van der Waals surface area contributed by atoms with E-state index in [-0.39, 0.29) is 31.6 Å². The summed E-state index contributed by atoms with van der Waals surface area (Å²) in [6.07, 6.45) is 1.41. The van der Waals surface area contributed by atoms with Gasteiger partial charge in [-0.25, -0.2) is 8.78 Å². The van der Waals surface area contributed by atoms with E-state index >= 15 is 0 Å². The van der Waals surface area contributed by atoms with Gasteiger partial charge in [0.25, 0.3) is 0 Å². The van der Waals surface area contributed by atoms with Crippen molar-refractivity contribution in [2.24, 2.45) is 5.92 Å². The summed E-state index contributed by atoms with van der Waals surface area (Å²) in [5.74, 6) is -3.02. The van der Waals surface area contributed by atoms with Crippen molar-refractivity contribution in [2.45, 2.75) is 31.6 Å². The van der Waals surface area contributed by atoms with Crippen LogP contribution in [0.15, 0.2) is 36.7 Å². The molecule has 0 unspecified atom stereocenters. The summed E-state index contributed by atoms with van der Waals surface area (Å²) in [6, 6.07) is 9.34. The molecule has 116 valence electrons. The Hall–Kier alpha value is -2.31. The molecular weight excluding hydrogens is 290 g/mol. The SMILES string of the molecule is O=C(Nc1nncn1-c1ccccc1)C1CCC(F)(F)CC1. The van der Waals surface area contributed by atoms with E-state index in [1.54, 1.807) is 4.57 Å². The molecule has 1 aromatic heterocycles. The van der Waals surface area contributed by atoms with Crippen LogP contribution in [0.25, 0.3) is 5.69 Å². The molecule has 3 rings (SSSR count). The lowest BCUT2D eigenvalue weighted by Crippen LogP contribution is -2.32. The molecule has 1 amide bonds. The number of aromatic nitrogens is 3. The zero-order chi connectivity index (χ0) is 15.6. The molecule has 0 bridgehead atoms. The lowest BCUT2D eigenvalue weighted by atomic mass is 9.86. The van der Waals surface area contributed by atoms with Crippen LogP contribution in [0.2, 0.25) is 0 Å². The number of nitrogens with one attached hydrogen (secondary N) is 1. The van der Waals surface area contributed by atoms with Gasteiger partial charge in [0, 0.05) is 18.8 Å². The minimum Gasteiger partial charge on any atom is -0.294 e. The van der Waals surface area contributed by atoms with Gasteiger partial charge in [-0.15, -0.1) is 10.2 Å². The maximum absolute atomic E-state index is 13.1. The first-order valence-electron chi connectivity index (χ1n) is 7.19. The number of alkyl halides is 2. The summed E-state index contributed by atoms with van der Waals surface area (Å²) in [5.41, 5.74) is 0.818. The molecule has 5 nitrogen and oxygen atoms in total. The zero-order valence-electron chi connectivity index (χ0n) is 11.9. The van der Waals surface area contributed by atoms with Crippen LogP contribution < -0.4 is 5.32 Å². The molecule has 0 atom stereocenters. The molecule has 0 aliphatic heterocycles. The third kappa shape index (κ3) is 3.13. The largest absolute Gasteiger partial charge is 0.294 e. The number of hydrogen-bond donors (Lipinski definition) is 1. The second kappa shape index (κ2) is 5.82. The minimum absolute atomic E-state index is 0.193. The Morgan fingerprint density at radius 3 is 2.59 bits per heavy atom. The minimum atomic E-state index is -2.64. The lowest BCUT2D eigenvalue weighted by molar-refractivity contribution is -0.124. The van der Waals surface area contributed by atoms with Crippen molar-refractivity contribution >= 4 is 11.9 Å². The fourth-order valence-corrected chi connectivity index (χ4v) is 2.61. The molecule has 22 heavy (non-hydrogen) atoms. The first-order valence-corrected chi connectivity index (χ1v) is 7.19. The van der Waals surface area contributed by atoms with E-state index in [1.807, 2.05) is 30.3 Å². The van der Waals surface area contributed by atoms with Crippen LogP contribution in [-0.4, -0.2) is 26.6 Å². The van der Waals surface area contributed by atoms with Crippen LogP contribution in [0.4, 0.5) is 14.7 Å². The van der Waals surface area contributed by atoms with E-state index in [4.69, 9.17) is 0 Å². The Bertz CT molecular complexity index is 647. The molecule has 1 aliphatic carbocycles. The van der Waals surface area contributed by atoms with E-state index in [1.165, 1.54) is 6.33 Å². The predicted molar refractivity (Wildman–Crippen MR) is 76.9 cm³/mol. The van der Waals surface area contributed by atoms with Gasteiger partial charge in [0.15, 0.2) is 0 Å². The van der Waals surface area contributed by atoms with Crippen LogP contribution in [0.3, 0.4) is 0 Å². The van der Waals surface area contributed by atoms with Gasteiger partial charge < -0.3 is 0 Å². The Morgan fingerprint density at radius 2 is 1.91 bits per heavy atom. The van der Waals surface area contributed by atoms with Gasteiger partial charge in [0.2, 0.25) is 17.8 Å². The summed E-state index contributed by atoms with van der Waals surface area (Å²) < 4.78 is 27.9. The fraction of sp³-hybridized carbons (Fsp3) is 0.400. The molecule has 1 heterocycles. The van der Waals surface area contributed by atoms with Crippen molar-refractivity contribution in [1.29, 1.82) is 0 Å². The quantitative estimate of drug-likeness (QED) is 0.948. The maximum Gasteiger partial charge on any atom is 0.248 e. The lowest BCUT2D eigenvalue weighted by Gasteiger charge is -2.27. The number of hydrogen-bond acceptors (Lipinski definition) is 3. The highest BCUT2D eigenvalue weighted by Crippen LogP contribution is 2.36. The molecule has 1 aromatic carbocycles. The highest BCUT2D eigenvalue weighted by atomic mass is 19.3. The second-order valence-corrected chi connectivity index (χ2v) is 5.48. The summed E-state index contributed by atoms with van der Waals surface area (Å²) in [5, 5.41) is 10.4. The van der Waals surface area contributed by atoms with Gasteiger partial charge >= 0.3 is 0 Å². The highest BCUT2D eigenvalue weighted by molar-refractivity contribution is 5.91. The molecule has 1 fully saturated rings. The van der Waals surface area contributed by atoms with Crippen molar-refractivity contribution < 1.29 is 13.6 Å². The molecule has 1 saturated carbocycles. The van der Waals surface area contributed by atoms with E-state index in [0.717, 1.165) is 5.69 Å². The monoisotopic (exact) mass is 306 g/mol. The zero-order valence-corrected chi connectivity index (χ0v) is 11.9. The van der Waals surface area contributed by atoms with Crippen molar-refractivity contribution in [2.75, 3.05) is 5.32 Å². The molecule has 0 spiro atoms. The van der Waals surface area contributed by atoms with Gasteiger partial charge in [0.05, 0.1) is 5.69 Å². The third-order valence-electron chi connectivity index (χ3n) is 3.91. The van der Waals surface area contributed by atoms with Gasteiger partial charge in [-0.3, -0.25) is 14.7 Å². The van der Waals surface area contributed by atoms with Gasteiger partial charge in [0.1, 0.15) is 6.33 Å². The average molecular weight is 306 g/mol. The molecule has 1 N–H and O–H groups in total. The maximum atomic E-state index is 13.1. The number of para-hydroxylation sites is 1. The van der Waals surface area contributed by atoms with Crippen LogP contribution in [0.5, 0.6) is 0 Å². The number of carbonyl (C=O) groups excluding carboxylic acids is 1.